The maximum absolute atomic E-state index is 11.2. The van der Waals surface area contributed by atoms with Crippen LogP contribution in [0.4, 0.5) is 0 Å². The van der Waals surface area contributed by atoms with Gasteiger partial charge in [0.25, 0.3) is 6.47 Å². The largest absolute Gasteiger partial charge is 0.461 e. The molecule has 0 amide bonds. The van der Waals surface area contributed by atoms with Crippen molar-refractivity contribution < 1.29 is 19.1 Å². The molecule has 1 aromatic carbocycles. The number of carbonyl (C=O) groups is 2. The van der Waals surface area contributed by atoms with Crippen molar-refractivity contribution >= 4 is 12.8 Å². The van der Waals surface area contributed by atoms with Gasteiger partial charge in [-0.3, -0.25) is 4.79 Å². The molecule has 0 heterocycles. The fraction of sp³-hybridized carbons (Fsp3) is 0.500. The molecule has 0 aliphatic carbocycles. The second-order valence-corrected chi connectivity index (χ2v) is 4.66. The fourth-order valence-corrected chi connectivity index (χ4v) is 1.98. The van der Waals surface area contributed by atoms with Crippen LogP contribution in [-0.4, -0.2) is 25.0 Å². The highest BCUT2D eigenvalue weighted by Crippen LogP contribution is 2.13. The number of ether oxygens (including phenoxy) is 2. The van der Waals surface area contributed by atoms with Crippen LogP contribution in [-0.2, 0) is 25.7 Å². The first-order chi connectivity index (χ1) is 9.81. The number of unbranched alkanes of at least 4 members (excludes halogenated alkanes) is 2. The quantitative estimate of drug-likeness (QED) is 0.461. The van der Waals surface area contributed by atoms with Crippen molar-refractivity contribution in [2.75, 3.05) is 0 Å². The highest BCUT2D eigenvalue weighted by Gasteiger charge is 2.22. The monoisotopic (exact) mass is 278 g/mol. The zero-order valence-electron chi connectivity index (χ0n) is 11.9. The zero-order valence-corrected chi connectivity index (χ0v) is 11.9. The van der Waals surface area contributed by atoms with Gasteiger partial charge in [-0.1, -0.05) is 50.1 Å². The lowest BCUT2D eigenvalue weighted by molar-refractivity contribution is -0.147. The van der Waals surface area contributed by atoms with E-state index in [1.165, 1.54) is 0 Å². The van der Waals surface area contributed by atoms with Crippen molar-refractivity contribution in [1.82, 2.24) is 0 Å². The third kappa shape index (κ3) is 5.97. The second kappa shape index (κ2) is 10.1. The molecule has 4 nitrogen and oxygen atoms in total. The van der Waals surface area contributed by atoms with Crippen LogP contribution in [0.3, 0.4) is 0 Å². The molecule has 1 rings (SSSR count). The molecule has 0 fully saturated rings. The summed E-state index contributed by atoms with van der Waals surface area (Å²) in [5.74, 6) is 0. The van der Waals surface area contributed by atoms with Crippen molar-refractivity contribution in [2.45, 2.75) is 51.4 Å². The van der Waals surface area contributed by atoms with E-state index >= 15 is 0 Å². The van der Waals surface area contributed by atoms with Crippen molar-refractivity contribution in [3.8, 4) is 0 Å². The Morgan fingerprint density at radius 1 is 1.15 bits per heavy atom. The standard InChI is InChI=1S/C16H22O4/c1-2-3-5-10-15(20-13-18)16(11-17)19-12-14-8-6-4-7-9-14/h4,6-9,11,13,15-16H,2-3,5,10,12H2,1H3/t15-,16+/m1/s1. The van der Waals surface area contributed by atoms with E-state index in [1.807, 2.05) is 30.3 Å². The first kappa shape index (κ1) is 16.4. The summed E-state index contributed by atoms with van der Waals surface area (Å²) in [5.41, 5.74) is 0.984. The molecule has 0 spiro atoms. The molecule has 0 saturated carbocycles. The van der Waals surface area contributed by atoms with Gasteiger partial charge in [-0.05, 0) is 18.4 Å². The molecule has 2 atom stereocenters. The summed E-state index contributed by atoms with van der Waals surface area (Å²) in [4.78, 5) is 21.7. The summed E-state index contributed by atoms with van der Waals surface area (Å²) in [6.07, 6.45) is 3.17. The third-order valence-electron chi connectivity index (χ3n) is 3.11. The van der Waals surface area contributed by atoms with Crippen LogP contribution in [0.5, 0.6) is 0 Å². The topological polar surface area (TPSA) is 52.6 Å². The van der Waals surface area contributed by atoms with Crippen molar-refractivity contribution in [3.63, 3.8) is 0 Å². The minimum Gasteiger partial charge on any atom is -0.461 e. The summed E-state index contributed by atoms with van der Waals surface area (Å²) in [6.45, 7) is 2.81. The number of benzene rings is 1. The van der Waals surface area contributed by atoms with Gasteiger partial charge in [-0.25, -0.2) is 0 Å². The van der Waals surface area contributed by atoms with E-state index in [4.69, 9.17) is 9.47 Å². The van der Waals surface area contributed by atoms with Gasteiger partial charge in [0.1, 0.15) is 12.2 Å². The van der Waals surface area contributed by atoms with Gasteiger partial charge in [-0.2, -0.15) is 0 Å². The summed E-state index contributed by atoms with van der Waals surface area (Å²) in [7, 11) is 0. The number of hydrogen-bond donors (Lipinski definition) is 0. The molecule has 1 aromatic rings. The lowest BCUT2D eigenvalue weighted by Crippen LogP contribution is -2.32. The van der Waals surface area contributed by atoms with Gasteiger partial charge in [0.15, 0.2) is 6.29 Å². The molecule has 0 aromatic heterocycles. The molecule has 0 N–H and O–H groups in total. The van der Waals surface area contributed by atoms with Crippen LogP contribution in [0, 0.1) is 0 Å². The van der Waals surface area contributed by atoms with Gasteiger partial charge in [0.05, 0.1) is 6.61 Å². The minimum atomic E-state index is -0.711. The first-order valence-electron chi connectivity index (χ1n) is 7.01. The summed E-state index contributed by atoms with van der Waals surface area (Å²) in [5, 5.41) is 0. The summed E-state index contributed by atoms with van der Waals surface area (Å²) < 4.78 is 10.6. The van der Waals surface area contributed by atoms with Crippen LogP contribution in [0.15, 0.2) is 30.3 Å². The van der Waals surface area contributed by atoms with Crippen molar-refractivity contribution in [2.24, 2.45) is 0 Å². The Hall–Kier alpha value is -1.68. The molecule has 110 valence electrons. The van der Waals surface area contributed by atoms with Crippen LogP contribution in [0.1, 0.15) is 38.2 Å². The molecule has 0 aliphatic rings. The summed E-state index contributed by atoms with van der Waals surface area (Å²) in [6, 6.07) is 9.59. The predicted octanol–water partition coefficient (Wildman–Crippen LogP) is 2.89. The molecule has 0 unspecified atom stereocenters. The van der Waals surface area contributed by atoms with E-state index in [9.17, 15) is 9.59 Å². The van der Waals surface area contributed by atoms with Gasteiger partial charge < -0.3 is 14.3 Å². The zero-order chi connectivity index (χ0) is 14.6. The Labute approximate surface area is 120 Å². The lowest BCUT2D eigenvalue weighted by atomic mass is 10.1. The fourth-order valence-electron chi connectivity index (χ4n) is 1.98. The number of hydrogen-bond acceptors (Lipinski definition) is 4. The Bertz CT molecular complexity index is 377. The van der Waals surface area contributed by atoms with E-state index in [0.717, 1.165) is 24.8 Å². The minimum absolute atomic E-state index is 0.330. The second-order valence-electron chi connectivity index (χ2n) is 4.66. The number of aldehydes is 1. The van der Waals surface area contributed by atoms with Gasteiger partial charge in [0, 0.05) is 0 Å². The Morgan fingerprint density at radius 3 is 2.50 bits per heavy atom. The summed E-state index contributed by atoms with van der Waals surface area (Å²) >= 11 is 0. The van der Waals surface area contributed by atoms with E-state index in [1.54, 1.807) is 0 Å². The van der Waals surface area contributed by atoms with Gasteiger partial charge in [0.2, 0.25) is 0 Å². The van der Waals surface area contributed by atoms with E-state index in [-0.39, 0.29) is 0 Å². The molecular weight excluding hydrogens is 256 g/mol. The molecular formula is C16H22O4. The molecule has 0 saturated heterocycles. The highest BCUT2D eigenvalue weighted by atomic mass is 16.6. The molecule has 20 heavy (non-hydrogen) atoms. The van der Waals surface area contributed by atoms with Crippen LogP contribution in [0.2, 0.25) is 0 Å². The lowest BCUT2D eigenvalue weighted by Gasteiger charge is -2.21. The predicted molar refractivity (Wildman–Crippen MR) is 76.2 cm³/mol. The van der Waals surface area contributed by atoms with Crippen molar-refractivity contribution in [3.05, 3.63) is 35.9 Å². The number of carbonyl (C=O) groups excluding carboxylic acids is 2. The average molecular weight is 278 g/mol. The Balaban J connectivity index is 2.51. The highest BCUT2D eigenvalue weighted by molar-refractivity contribution is 5.57. The van der Waals surface area contributed by atoms with E-state index in [0.29, 0.717) is 25.8 Å². The first-order valence-corrected chi connectivity index (χ1v) is 7.01. The maximum Gasteiger partial charge on any atom is 0.293 e. The Morgan fingerprint density at radius 2 is 1.90 bits per heavy atom. The normalized spacial score (nSPS) is 13.4. The van der Waals surface area contributed by atoms with Crippen LogP contribution >= 0.6 is 0 Å². The van der Waals surface area contributed by atoms with Gasteiger partial charge in [-0.15, -0.1) is 0 Å². The maximum atomic E-state index is 11.2. The van der Waals surface area contributed by atoms with Crippen molar-refractivity contribution in [1.29, 1.82) is 0 Å². The van der Waals surface area contributed by atoms with E-state index < -0.39 is 12.2 Å². The SMILES string of the molecule is CCCCC[C@@H](OC=O)[C@H](C=O)OCc1ccccc1. The Kier molecular flexibility index (Phi) is 8.31. The van der Waals surface area contributed by atoms with E-state index in [2.05, 4.69) is 6.92 Å². The van der Waals surface area contributed by atoms with Crippen LogP contribution in [0.25, 0.3) is 0 Å². The van der Waals surface area contributed by atoms with Crippen LogP contribution < -0.4 is 0 Å². The third-order valence-corrected chi connectivity index (χ3v) is 3.11. The smallest absolute Gasteiger partial charge is 0.293 e. The van der Waals surface area contributed by atoms with Gasteiger partial charge >= 0.3 is 0 Å². The molecule has 0 bridgehead atoms. The molecule has 4 heteroatoms. The number of rotatable bonds is 11. The average Bonchev–Trinajstić information content (AvgIpc) is 2.49. The molecule has 0 aliphatic heterocycles. The molecule has 0 radical (unpaired) electrons.